The standard InChI is InChI=1S/C26H44F2O2.2C3H8/c1-9-17(3)11-13-19(5)20(6)14-12-18(4)16-29-23-15-21(7)26(25(28)24(23)27)30-22(8)10-2;2*1-3-2/h15,17-20,22H,9-14,16H2,1-8H3;2*3H2,1-2H3. The zero-order valence-corrected chi connectivity index (χ0v) is 25.9. The van der Waals surface area contributed by atoms with Gasteiger partial charge in [-0.05, 0) is 62.0 Å². The van der Waals surface area contributed by atoms with Crippen LogP contribution in [0.2, 0.25) is 0 Å². The van der Waals surface area contributed by atoms with E-state index in [9.17, 15) is 8.78 Å². The Hall–Kier alpha value is -1.32. The first-order valence-corrected chi connectivity index (χ1v) is 14.7. The molecule has 36 heavy (non-hydrogen) atoms. The summed E-state index contributed by atoms with van der Waals surface area (Å²) in [6.07, 6.45) is 9.02. The van der Waals surface area contributed by atoms with Crippen LogP contribution in [0.25, 0.3) is 0 Å². The molecule has 0 heterocycles. The Bertz CT molecular complexity index is 660. The third-order valence-corrected chi connectivity index (χ3v) is 6.63. The van der Waals surface area contributed by atoms with Crippen molar-refractivity contribution >= 4 is 0 Å². The highest BCUT2D eigenvalue weighted by atomic mass is 19.2. The Morgan fingerprint density at radius 2 is 1.17 bits per heavy atom. The van der Waals surface area contributed by atoms with Crippen molar-refractivity contribution in [1.82, 2.24) is 0 Å². The van der Waals surface area contributed by atoms with E-state index >= 15 is 0 Å². The molecule has 4 heteroatoms. The first-order chi connectivity index (χ1) is 16.9. The Morgan fingerprint density at radius 3 is 1.61 bits per heavy atom. The topological polar surface area (TPSA) is 18.5 Å². The van der Waals surface area contributed by atoms with Gasteiger partial charge in [-0.3, -0.25) is 0 Å². The van der Waals surface area contributed by atoms with Crippen LogP contribution in [-0.4, -0.2) is 12.7 Å². The molecule has 0 aliphatic heterocycles. The molecule has 214 valence electrons. The van der Waals surface area contributed by atoms with Gasteiger partial charge in [0.15, 0.2) is 11.5 Å². The Morgan fingerprint density at radius 1 is 0.694 bits per heavy atom. The van der Waals surface area contributed by atoms with E-state index in [2.05, 4.69) is 62.3 Å². The molecule has 0 fully saturated rings. The summed E-state index contributed by atoms with van der Waals surface area (Å²) >= 11 is 0. The normalized spacial score (nSPS) is 14.8. The van der Waals surface area contributed by atoms with Gasteiger partial charge in [-0.2, -0.15) is 8.78 Å². The zero-order chi connectivity index (χ0) is 28.3. The molecule has 5 atom stereocenters. The van der Waals surface area contributed by atoms with E-state index in [1.54, 1.807) is 13.0 Å². The van der Waals surface area contributed by atoms with Gasteiger partial charge in [0.2, 0.25) is 11.6 Å². The van der Waals surface area contributed by atoms with Crippen LogP contribution in [0.5, 0.6) is 11.5 Å². The molecule has 0 N–H and O–H groups in total. The summed E-state index contributed by atoms with van der Waals surface area (Å²) in [6.45, 7) is 25.7. The third kappa shape index (κ3) is 15.7. The van der Waals surface area contributed by atoms with Gasteiger partial charge in [0.25, 0.3) is 0 Å². The summed E-state index contributed by atoms with van der Waals surface area (Å²) in [6, 6.07) is 1.54. The smallest absolute Gasteiger partial charge is 0.204 e. The Balaban J connectivity index is 0. The zero-order valence-electron chi connectivity index (χ0n) is 25.9. The summed E-state index contributed by atoms with van der Waals surface area (Å²) in [5.41, 5.74) is 0.556. The predicted molar refractivity (Wildman–Crippen MR) is 154 cm³/mol. The fourth-order valence-corrected chi connectivity index (χ4v) is 3.42. The maximum atomic E-state index is 14.5. The highest BCUT2D eigenvalue weighted by Gasteiger charge is 2.21. The molecule has 0 bridgehead atoms. The summed E-state index contributed by atoms with van der Waals surface area (Å²) < 4.78 is 40.1. The third-order valence-electron chi connectivity index (χ3n) is 6.63. The van der Waals surface area contributed by atoms with Crippen LogP contribution in [0.1, 0.15) is 133 Å². The van der Waals surface area contributed by atoms with Crippen LogP contribution in [0.4, 0.5) is 8.78 Å². The van der Waals surface area contributed by atoms with E-state index in [1.165, 1.54) is 32.1 Å². The van der Waals surface area contributed by atoms with Crippen LogP contribution < -0.4 is 9.47 Å². The van der Waals surface area contributed by atoms with Gasteiger partial charge in [0.05, 0.1) is 12.7 Å². The maximum absolute atomic E-state index is 14.5. The van der Waals surface area contributed by atoms with Crippen molar-refractivity contribution in [3.05, 3.63) is 23.3 Å². The first kappa shape index (κ1) is 36.8. The molecule has 0 saturated heterocycles. The van der Waals surface area contributed by atoms with Crippen molar-refractivity contribution in [2.45, 2.75) is 141 Å². The van der Waals surface area contributed by atoms with Gasteiger partial charge >= 0.3 is 0 Å². The van der Waals surface area contributed by atoms with Gasteiger partial charge < -0.3 is 9.47 Å². The molecule has 0 radical (unpaired) electrons. The SMILES string of the molecule is CCC.CCC.CCC(C)CCC(C)C(C)CCC(C)COc1cc(C)c(OC(C)CC)c(F)c1F. The molecular formula is C32H60F2O2. The number of halogens is 2. The van der Waals surface area contributed by atoms with Crippen LogP contribution >= 0.6 is 0 Å². The second kappa shape index (κ2) is 21.7. The van der Waals surface area contributed by atoms with E-state index in [4.69, 9.17) is 9.47 Å². The van der Waals surface area contributed by atoms with E-state index < -0.39 is 11.6 Å². The number of benzene rings is 1. The molecule has 0 aromatic heterocycles. The van der Waals surface area contributed by atoms with E-state index in [-0.39, 0.29) is 23.5 Å². The van der Waals surface area contributed by atoms with Gasteiger partial charge in [-0.1, -0.05) is 108 Å². The fourth-order valence-electron chi connectivity index (χ4n) is 3.42. The highest BCUT2D eigenvalue weighted by Crippen LogP contribution is 2.33. The van der Waals surface area contributed by atoms with Crippen molar-refractivity contribution in [3.63, 3.8) is 0 Å². The minimum absolute atomic E-state index is 0.0116. The monoisotopic (exact) mass is 514 g/mol. The quantitative estimate of drug-likeness (QED) is 0.246. The molecule has 0 saturated carbocycles. The average molecular weight is 515 g/mol. The van der Waals surface area contributed by atoms with Crippen molar-refractivity contribution < 1.29 is 18.3 Å². The lowest BCUT2D eigenvalue weighted by atomic mass is 9.84. The lowest BCUT2D eigenvalue weighted by Gasteiger charge is -2.23. The van der Waals surface area contributed by atoms with E-state index in [1.807, 2.05) is 13.8 Å². The number of ether oxygens (including phenoxy) is 2. The molecular weight excluding hydrogens is 454 g/mol. The molecule has 1 rings (SSSR count). The van der Waals surface area contributed by atoms with Crippen molar-refractivity contribution in [2.75, 3.05) is 6.61 Å². The van der Waals surface area contributed by atoms with Crippen LogP contribution in [-0.2, 0) is 0 Å². The Kier molecular flexibility index (Phi) is 22.2. The molecule has 0 aliphatic rings. The molecule has 5 unspecified atom stereocenters. The highest BCUT2D eigenvalue weighted by molar-refractivity contribution is 5.42. The maximum Gasteiger partial charge on any atom is 0.204 e. The predicted octanol–water partition coefficient (Wildman–Crippen LogP) is 11.2. The Labute approximate surface area is 223 Å². The second-order valence-electron chi connectivity index (χ2n) is 10.9. The van der Waals surface area contributed by atoms with Crippen molar-refractivity contribution in [2.24, 2.45) is 23.7 Å². The molecule has 2 nitrogen and oxygen atoms in total. The van der Waals surface area contributed by atoms with E-state index in [0.717, 1.165) is 25.2 Å². The summed E-state index contributed by atoms with van der Waals surface area (Å²) in [7, 11) is 0. The molecule has 0 aliphatic carbocycles. The second-order valence-corrected chi connectivity index (χ2v) is 10.9. The average Bonchev–Trinajstić information content (AvgIpc) is 2.85. The number of hydrogen-bond acceptors (Lipinski definition) is 2. The fraction of sp³-hybridized carbons (Fsp3) is 0.812. The van der Waals surface area contributed by atoms with E-state index in [0.29, 0.717) is 24.0 Å². The van der Waals surface area contributed by atoms with Gasteiger partial charge in [-0.25, -0.2) is 0 Å². The van der Waals surface area contributed by atoms with Gasteiger partial charge in [0.1, 0.15) is 0 Å². The van der Waals surface area contributed by atoms with Crippen molar-refractivity contribution in [3.8, 4) is 11.5 Å². The minimum atomic E-state index is -0.960. The van der Waals surface area contributed by atoms with Gasteiger partial charge in [-0.15, -0.1) is 0 Å². The summed E-state index contributed by atoms with van der Waals surface area (Å²) in [5.74, 6) is 0.496. The minimum Gasteiger partial charge on any atom is -0.490 e. The molecule has 0 spiro atoms. The van der Waals surface area contributed by atoms with Crippen LogP contribution in [0, 0.1) is 42.2 Å². The van der Waals surface area contributed by atoms with Crippen molar-refractivity contribution in [1.29, 1.82) is 0 Å². The number of hydrogen-bond donors (Lipinski definition) is 0. The van der Waals surface area contributed by atoms with Crippen LogP contribution in [0.3, 0.4) is 0 Å². The lowest BCUT2D eigenvalue weighted by Crippen LogP contribution is -2.15. The summed E-state index contributed by atoms with van der Waals surface area (Å²) in [4.78, 5) is 0. The number of rotatable bonds is 14. The largest absolute Gasteiger partial charge is 0.490 e. The van der Waals surface area contributed by atoms with Gasteiger partial charge in [0, 0.05) is 0 Å². The molecule has 0 amide bonds. The molecule has 1 aromatic carbocycles. The van der Waals surface area contributed by atoms with Crippen LogP contribution in [0.15, 0.2) is 6.07 Å². The first-order valence-electron chi connectivity index (χ1n) is 14.7. The molecule has 1 aromatic rings. The summed E-state index contributed by atoms with van der Waals surface area (Å²) in [5, 5.41) is 0. The lowest BCUT2D eigenvalue weighted by molar-refractivity contribution is 0.197. The number of aryl methyl sites for hydroxylation is 1.